The van der Waals surface area contributed by atoms with Crippen LogP contribution in [0.25, 0.3) is 0 Å². The Morgan fingerprint density at radius 3 is 2.17 bits per heavy atom. The van der Waals surface area contributed by atoms with Gasteiger partial charge in [-0.3, -0.25) is 0 Å². The highest BCUT2D eigenvalue weighted by molar-refractivity contribution is 7.97. The maximum absolute atomic E-state index is 4.74. The zero-order valence-electron chi connectivity index (χ0n) is 4.06. The standard InChI is InChI=1S/C4H9PS/c1-4(2)3-5-6/h3H,5H2,1-2H3. The van der Waals surface area contributed by atoms with Crippen LogP contribution in [0.3, 0.4) is 0 Å². The van der Waals surface area contributed by atoms with Crippen molar-refractivity contribution in [3.05, 3.63) is 11.4 Å². The summed E-state index contributed by atoms with van der Waals surface area (Å²) in [5.41, 5.74) is 1.35. The normalized spacial score (nSPS) is 9.67. The number of allylic oxidation sites excluding steroid dienone is 1. The second-order valence-corrected chi connectivity index (χ2v) is 2.80. The van der Waals surface area contributed by atoms with Crippen LogP contribution in [0, 0.1) is 0 Å². The maximum atomic E-state index is 4.74. The Hall–Kier alpha value is 0.390. The molecule has 36 valence electrons. The molecule has 0 rings (SSSR count). The Labute approximate surface area is 45.1 Å². The lowest BCUT2D eigenvalue weighted by atomic mass is 10.4. The predicted octanol–water partition coefficient (Wildman–Crippen LogP) is 1.78. The van der Waals surface area contributed by atoms with Crippen LogP contribution in [0.4, 0.5) is 0 Å². The van der Waals surface area contributed by atoms with Gasteiger partial charge in [-0.15, -0.1) is 11.8 Å². The Balaban J connectivity index is 3.41. The third kappa shape index (κ3) is 4.39. The van der Waals surface area contributed by atoms with E-state index in [1.165, 1.54) is 5.57 Å². The van der Waals surface area contributed by atoms with Gasteiger partial charge in [-0.25, -0.2) is 0 Å². The van der Waals surface area contributed by atoms with Crippen molar-refractivity contribution in [2.24, 2.45) is 0 Å². The minimum atomic E-state index is 0.174. The SMILES string of the molecule is CC(C)=C[PH2]=S. The third-order valence-electron chi connectivity index (χ3n) is 0.401. The van der Waals surface area contributed by atoms with E-state index in [0.29, 0.717) is 0 Å². The average Bonchev–Trinajstić information content (AvgIpc) is 1.35. The molecule has 2 heteroatoms. The molecule has 0 radical (unpaired) electrons. The van der Waals surface area contributed by atoms with E-state index in [4.69, 9.17) is 11.8 Å². The molecule has 0 aromatic heterocycles. The van der Waals surface area contributed by atoms with Gasteiger partial charge in [0.15, 0.2) is 0 Å². The van der Waals surface area contributed by atoms with E-state index < -0.39 is 0 Å². The van der Waals surface area contributed by atoms with Crippen LogP contribution in [-0.4, -0.2) is 0 Å². The molecule has 0 heterocycles. The van der Waals surface area contributed by atoms with E-state index in [1.807, 2.05) is 0 Å². The van der Waals surface area contributed by atoms with Gasteiger partial charge in [0.05, 0.1) is 0 Å². The van der Waals surface area contributed by atoms with Crippen molar-refractivity contribution in [3.8, 4) is 0 Å². The summed E-state index contributed by atoms with van der Waals surface area (Å²) in [6.45, 7) is 4.14. The van der Waals surface area contributed by atoms with Gasteiger partial charge in [-0.1, -0.05) is 11.4 Å². The van der Waals surface area contributed by atoms with Crippen molar-refractivity contribution in [1.82, 2.24) is 0 Å². The lowest BCUT2D eigenvalue weighted by Gasteiger charge is -1.75. The van der Waals surface area contributed by atoms with Gasteiger partial charge < -0.3 is 0 Å². The fourth-order valence-corrected chi connectivity index (χ4v) is 1.22. The Bertz CT molecular complexity index is 71.6. The minimum Gasteiger partial charge on any atom is -0.100 e. The molecule has 0 amide bonds. The topological polar surface area (TPSA) is 0 Å². The molecule has 0 aliphatic rings. The number of rotatable bonds is 1. The summed E-state index contributed by atoms with van der Waals surface area (Å²) in [7, 11) is 0.174. The molecule has 1 atom stereocenters. The number of hydrogen-bond acceptors (Lipinski definition) is 1. The first-order valence-electron chi connectivity index (χ1n) is 1.86. The lowest BCUT2D eigenvalue weighted by molar-refractivity contribution is 1.42. The maximum Gasteiger partial charge on any atom is -0.0438 e. The third-order valence-corrected chi connectivity index (χ3v) is 1.61. The van der Waals surface area contributed by atoms with Gasteiger partial charge in [-0.05, 0) is 21.2 Å². The van der Waals surface area contributed by atoms with Crippen LogP contribution >= 0.6 is 7.36 Å². The van der Waals surface area contributed by atoms with Gasteiger partial charge >= 0.3 is 0 Å². The molecule has 0 aliphatic heterocycles. The first kappa shape index (κ1) is 6.39. The molecule has 6 heavy (non-hydrogen) atoms. The van der Waals surface area contributed by atoms with Crippen molar-refractivity contribution >= 4 is 19.2 Å². The predicted molar refractivity (Wildman–Crippen MR) is 36.5 cm³/mol. The van der Waals surface area contributed by atoms with E-state index in [0.717, 1.165) is 0 Å². The van der Waals surface area contributed by atoms with Crippen LogP contribution in [0.5, 0.6) is 0 Å². The molecule has 0 saturated carbocycles. The molecule has 0 bridgehead atoms. The average molecular weight is 120 g/mol. The first-order chi connectivity index (χ1) is 2.77. The second-order valence-electron chi connectivity index (χ2n) is 1.38. The molecule has 0 spiro atoms. The Kier molecular flexibility index (Phi) is 3.81. The van der Waals surface area contributed by atoms with E-state index in [2.05, 4.69) is 19.7 Å². The van der Waals surface area contributed by atoms with Crippen molar-refractivity contribution in [2.75, 3.05) is 0 Å². The summed E-state index contributed by atoms with van der Waals surface area (Å²) >= 11 is 4.74. The van der Waals surface area contributed by atoms with Gasteiger partial charge in [0.25, 0.3) is 0 Å². The van der Waals surface area contributed by atoms with Crippen molar-refractivity contribution in [1.29, 1.82) is 0 Å². The van der Waals surface area contributed by atoms with E-state index in [1.54, 1.807) is 0 Å². The molecule has 0 fully saturated rings. The largest absolute Gasteiger partial charge is 0.100 e. The number of hydrogen-bond donors (Lipinski definition) is 0. The van der Waals surface area contributed by atoms with Crippen molar-refractivity contribution < 1.29 is 0 Å². The first-order valence-corrected chi connectivity index (χ1v) is 4.41. The molecule has 0 aromatic rings. The van der Waals surface area contributed by atoms with E-state index in [-0.39, 0.29) is 7.36 Å². The monoisotopic (exact) mass is 120 g/mol. The highest BCUT2D eigenvalue weighted by Crippen LogP contribution is 1.98. The van der Waals surface area contributed by atoms with Crippen LogP contribution in [0.2, 0.25) is 0 Å². The summed E-state index contributed by atoms with van der Waals surface area (Å²) in [5, 5.41) is 0. The minimum absolute atomic E-state index is 0.174. The van der Waals surface area contributed by atoms with Crippen molar-refractivity contribution in [3.63, 3.8) is 0 Å². The smallest absolute Gasteiger partial charge is 0.0438 e. The lowest BCUT2D eigenvalue weighted by Crippen LogP contribution is -1.50. The van der Waals surface area contributed by atoms with Gasteiger partial charge in [-0.2, -0.15) is 0 Å². The van der Waals surface area contributed by atoms with Crippen LogP contribution in [0.1, 0.15) is 13.8 Å². The highest BCUT2D eigenvalue weighted by atomic mass is 32.4. The summed E-state index contributed by atoms with van der Waals surface area (Å²) < 4.78 is 0. The molecular weight excluding hydrogens is 111 g/mol. The Morgan fingerprint density at radius 2 is 2.17 bits per heavy atom. The van der Waals surface area contributed by atoms with Crippen molar-refractivity contribution in [2.45, 2.75) is 13.8 Å². The Morgan fingerprint density at radius 1 is 1.67 bits per heavy atom. The molecule has 0 nitrogen and oxygen atoms in total. The summed E-state index contributed by atoms with van der Waals surface area (Å²) in [4.78, 5) is 0. The molecule has 0 aliphatic carbocycles. The summed E-state index contributed by atoms with van der Waals surface area (Å²) in [5.74, 6) is 2.11. The quantitative estimate of drug-likeness (QED) is 0.475. The second kappa shape index (κ2) is 3.58. The molecule has 0 aromatic carbocycles. The van der Waals surface area contributed by atoms with E-state index in [9.17, 15) is 0 Å². The van der Waals surface area contributed by atoms with Gasteiger partial charge in [0, 0.05) is 0 Å². The zero-order chi connectivity index (χ0) is 4.99. The fraction of sp³-hybridized carbons (Fsp3) is 0.500. The van der Waals surface area contributed by atoms with Gasteiger partial charge in [0.1, 0.15) is 0 Å². The molecule has 0 N–H and O–H groups in total. The molecule has 0 saturated heterocycles. The van der Waals surface area contributed by atoms with Gasteiger partial charge in [0.2, 0.25) is 0 Å². The zero-order valence-corrected chi connectivity index (χ0v) is 6.03. The van der Waals surface area contributed by atoms with E-state index >= 15 is 0 Å². The summed E-state index contributed by atoms with van der Waals surface area (Å²) in [6, 6.07) is 0. The van der Waals surface area contributed by atoms with Crippen LogP contribution in [0.15, 0.2) is 11.4 Å². The van der Waals surface area contributed by atoms with Crippen LogP contribution < -0.4 is 0 Å². The van der Waals surface area contributed by atoms with Crippen LogP contribution in [-0.2, 0) is 11.8 Å². The molecular formula is C4H9PS. The highest BCUT2D eigenvalue weighted by Gasteiger charge is 1.63. The molecule has 1 unspecified atom stereocenters. The summed E-state index contributed by atoms with van der Waals surface area (Å²) in [6.07, 6.45) is 0. The fourth-order valence-electron chi connectivity index (χ4n) is 0.136.